The second kappa shape index (κ2) is 9.75. The number of ether oxygens (including phenoxy) is 1. The molecule has 0 saturated carbocycles. The molecule has 1 aromatic carbocycles. The van der Waals surface area contributed by atoms with Crippen molar-refractivity contribution in [2.75, 3.05) is 50.9 Å². The van der Waals surface area contributed by atoms with Gasteiger partial charge in [-0.15, -0.1) is 0 Å². The lowest BCUT2D eigenvalue weighted by Crippen LogP contribution is -2.60. The summed E-state index contributed by atoms with van der Waals surface area (Å²) in [7, 11) is 0. The molecule has 150 valence electrons. The van der Waals surface area contributed by atoms with Gasteiger partial charge >= 0.3 is 0 Å². The summed E-state index contributed by atoms with van der Waals surface area (Å²) < 4.78 is 19.3. The van der Waals surface area contributed by atoms with Gasteiger partial charge in [-0.3, -0.25) is 4.90 Å². The number of thioether (sulfide) groups is 1. The summed E-state index contributed by atoms with van der Waals surface area (Å²) in [6.45, 7) is 9.61. The first-order chi connectivity index (χ1) is 13.1. The van der Waals surface area contributed by atoms with Crippen LogP contribution in [0.5, 0.6) is 0 Å². The van der Waals surface area contributed by atoms with Crippen molar-refractivity contribution in [1.29, 1.82) is 0 Å². The molecule has 0 radical (unpaired) electrons. The Kier molecular flexibility index (Phi) is 7.38. The minimum atomic E-state index is -0.171. The first kappa shape index (κ1) is 20.4. The number of guanidine groups is 1. The molecule has 3 rings (SSSR count). The van der Waals surface area contributed by atoms with Gasteiger partial charge in [0.05, 0.1) is 19.8 Å². The molecular formula is C20H31FN4OS. The van der Waals surface area contributed by atoms with Gasteiger partial charge in [-0.2, -0.15) is 11.8 Å². The van der Waals surface area contributed by atoms with Gasteiger partial charge < -0.3 is 15.4 Å². The van der Waals surface area contributed by atoms with Gasteiger partial charge in [-0.1, -0.05) is 12.1 Å². The predicted molar refractivity (Wildman–Crippen MR) is 111 cm³/mol. The van der Waals surface area contributed by atoms with Crippen LogP contribution in [0.25, 0.3) is 0 Å². The third-order valence-corrected chi connectivity index (χ3v) is 6.58. The van der Waals surface area contributed by atoms with Crippen LogP contribution in [0.3, 0.4) is 0 Å². The summed E-state index contributed by atoms with van der Waals surface area (Å²) >= 11 is 2.03. The van der Waals surface area contributed by atoms with E-state index in [1.54, 1.807) is 13.0 Å². The first-order valence-electron chi connectivity index (χ1n) is 9.81. The van der Waals surface area contributed by atoms with E-state index in [1.807, 2.05) is 23.9 Å². The van der Waals surface area contributed by atoms with E-state index in [0.717, 1.165) is 56.7 Å². The molecule has 2 fully saturated rings. The normalized spacial score (nSPS) is 24.2. The number of benzene rings is 1. The van der Waals surface area contributed by atoms with Gasteiger partial charge in [0, 0.05) is 37.5 Å². The Morgan fingerprint density at radius 3 is 2.81 bits per heavy atom. The fourth-order valence-corrected chi connectivity index (χ4v) is 5.11. The number of hydrogen-bond acceptors (Lipinski definition) is 4. The molecule has 2 aliphatic rings. The Bertz CT molecular complexity index is 643. The average Bonchev–Trinajstić information content (AvgIpc) is 3.17. The molecule has 1 atom stereocenters. The molecule has 0 bridgehead atoms. The maximum Gasteiger partial charge on any atom is 0.191 e. The van der Waals surface area contributed by atoms with Crippen LogP contribution in [0, 0.1) is 12.7 Å². The molecular weight excluding hydrogens is 363 g/mol. The molecule has 1 unspecified atom stereocenters. The molecule has 0 aromatic heterocycles. The molecule has 0 spiro atoms. The second-order valence-electron chi connectivity index (χ2n) is 7.26. The van der Waals surface area contributed by atoms with Crippen LogP contribution in [0.15, 0.2) is 23.2 Å². The van der Waals surface area contributed by atoms with Crippen LogP contribution in [0.1, 0.15) is 24.5 Å². The van der Waals surface area contributed by atoms with Crippen LogP contribution in [-0.2, 0) is 11.3 Å². The standard InChI is InChI=1S/C20H31FN4OS/c1-3-22-19(23-13-17-5-4-16(2)18(21)12-17)24-14-20(6-11-27-15-20)25-7-9-26-10-8-25/h4-5,12H,3,6-11,13-15H2,1-2H3,(H2,22,23,24). The van der Waals surface area contributed by atoms with Crippen LogP contribution in [0.2, 0.25) is 0 Å². The molecule has 7 heteroatoms. The van der Waals surface area contributed by atoms with Crippen molar-refractivity contribution in [3.8, 4) is 0 Å². The van der Waals surface area contributed by atoms with Gasteiger partial charge in [0.2, 0.25) is 0 Å². The number of halogens is 1. The second-order valence-corrected chi connectivity index (χ2v) is 8.36. The largest absolute Gasteiger partial charge is 0.379 e. The molecule has 5 nitrogen and oxygen atoms in total. The molecule has 27 heavy (non-hydrogen) atoms. The summed E-state index contributed by atoms with van der Waals surface area (Å²) in [4.78, 5) is 7.26. The van der Waals surface area contributed by atoms with Gasteiger partial charge in [0.25, 0.3) is 0 Å². The number of rotatable bonds is 6. The molecule has 2 N–H and O–H groups in total. The predicted octanol–water partition coefficient (Wildman–Crippen LogP) is 2.40. The molecule has 0 aliphatic carbocycles. The Balaban J connectivity index is 1.64. The summed E-state index contributed by atoms with van der Waals surface area (Å²) in [6.07, 6.45) is 1.19. The zero-order valence-electron chi connectivity index (χ0n) is 16.4. The van der Waals surface area contributed by atoms with E-state index in [9.17, 15) is 4.39 Å². The Morgan fingerprint density at radius 1 is 1.33 bits per heavy atom. The topological polar surface area (TPSA) is 48.9 Å². The lowest BCUT2D eigenvalue weighted by atomic mass is 9.95. The summed E-state index contributed by atoms with van der Waals surface area (Å²) in [5.74, 6) is 2.97. The maximum atomic E-state index is 13.8. The van der Waals surface area contributed by atoms with Crippen molar-refractivity contribution in [3.05, 3.63) is 35.1 Å². The van der Waals surface area contributed by atoms with E-state index in [2.05, 4.69) is 27.4 Å². The summed E-state index contributed by atoms with van der Waals surface area (Å²) in [5.41, 5.74) is 1.72. The monoisotopic (exact) mass is 394 g/mol. The van der Waals surface area contributed by atoms with Gasteiger partial charge in [0.15, 0.2) is 5.96 Å². The fraction of sp³-hybridized carbons (Fsp3) is 0.650. The third kappa shape index (κ3) is 5.36. The molecule has 2 heterocycles. The number of nitrogens with one attached hydrogen (secondary N) is 2. The highest BCUT2D eigenvalue weighted by Gasteiger charge is 2.40. The van der Waals surface area contributed by atoms with E-state index in [1.165, 1.54) is 12.2 Å². The highest BCUT2D eigenvalue weighted by molar-refractivity contribution is 7.99. The first-order valence-corrected chi connectivity index (χ1v) is 11.0. The van der Waals surface area contributed by atoms with Gasteiger partial charge in [-0.05, 0) is 43.2 Å². The quantitative estimate of drug-likeness (QED) is 0.573. The van der Waals surface area contributed by atoms with Crippen molar-refractivity contribution in [2.45, 2.75) is 32.4 Å². The Hall–Kier alpha value is -1.31. The number of hydrogen-bond donors (Lipinski definition) is 2. The average molecular weight is 395 g/mol. The van der Waals surface area contributed by atoms with Crippen LogP contribution in [-0.4, -0.2) is 67.3 Å². The lowest BCUT2D eigenvalue weighted by Gasteiger charge is -2.43. The van der Waals surface area contributed by atoms with E-state index < -0.39 is 0 Å². The summed E-state index contributed by atoms with van der Waals surface area (Å²) in [6, 6.07) is 5.32. The summed E-state index contributed by atoms with van der Waals surface area (Å²) in [5, 5.41) is 6.86. The zero-order chi connectivity index (χ0) is 19.1. The minimum absolute atomic E-state index is 0.167. The van der Waals surface area contributed by atoms with Crippen molar-refractivity contribution < 1.29 is 9.13 Å². The fourth-order valence-electron chi connectivity index (χ4n) is 3.63. The Labute approximate surface area is 166 Å². The van der Waals surface area contributed by atoms with E-state index in [-0.39, 0.29) is 11.4 Å². The van der Waals surface area contributed by atoms with Crippen LogP contribution in [0.4, 0.5) is 4.39 Å². The smallest absolute Gasteiger partial charge is 0.191 e. The van der Waals surface area contributed by atoms with Crippen molar-refractivity contribution in [1.82, 2.24) is 15.5 Å². The third-order valence-electron chi connectivity index (χ3n) is 5.35. The Morgan fingerprint density at radius 2 is 2.15 bits per heavy atom. The number of nitrogens with zero attached hydrogens (tertiary/aromatic N) is 2. The highest BCUT2D eigenvalue weighted by atomic mass is 32.2. The number of aryl methyl sites for hydroxylation is 1. The van der Waals surface area contributed by atoms with Crippen molar-refractivity contribution in [2.24, 2.45) is 4.99 Å². The molecule has 1 aromatic rings. The van der Waals surface area contributed by atoms with Crippen molar-refractivity contribution >= 4 is 17.7 Å². The van der Waals surface area contributed by atoms with Gasteiger partial charge in [0.1, 0.15) is 5.82 Å². The van der Waals surface area contributed by atoms with Crippen LogP contribution < -0.4 is 10.6 Å². The minimum Gasteiger partial charge on any atom is -0.379 e. The van der Waals surface area contributed by atoms with Crippen LogP contribution >= 0.6 is 11.8 Å². The molecule has 0 amide bonds. The zero-order valence-corrected chi connectivity index (χ0v) is 17.2. The molecule has 2 aliphatic heterocycles. The lowest BCUT2D eigenvalue weighted by molar-refractivity contribution is -0.0120. The highest BCUT2D eigenvalue weighted by Crippen LogP contribution is 2.33. The van der Waals surface area contributed by atoms with E-state index >= 15 is 0 Å². The van der Waals surface area contributed by atoms with E-state index in [0.29, 0.717) is 12.1 Å². The molecule has 2 saturated heterocycles. The number of aliphatic imine (C=N–C) groups is 1. The van der Waals surface area contributed by atoms with E-state index in [4.69, 9.17) is 4.74 Å². The maximum absolute atomic E-state index is 13.8. The number of morpholine rings is 1. The van der Waals surface area contributed by atoms with Crippen molar-refractivity contribution in [3.63, 3.8) is 0 Å². The SMILES string of the molecule is CCNC(=NCc1ccc(C)c(F)c1)NCC1(N2CCOCC2)CCSC1. The van der Waals surface area contributed by atoms with Gasteiger partial charge in [-0.25, -0.2) is 9.38 Å².